The molecule has 27 heavy (non-hydrogen) atoms. The van der Waals surface area contributed by atoms with Crippen LogP contribution in [0.5, 0.6) is 0 Å². The number of anilines is 1. The standard InChI is InChI=1S/C21H33N3O2.ClH/c1-16-5-6-17(21(13-16)24-8-11-25-12-9-24)14-23-19-4-2-3-18(19)20-15-26-10-7-22-20;/h5-6,13,18-20,22-23H,2-4,7-12,14-15H2,1H3;1H. The average molecular weight is 396 g/mol. The SMILES string of the molecule is Cc1ccc(CNC2CCCC2C2COCCN2)c(N2CCOCC2)c1.Cl. The predicted molar refractivity (Wildman–Crippen MR) is 112 cm³/mol. The van der Waals surface area contributed by atoms with Gasteiger partial charge in [0.15, 0.2) is 0 Å². The predicted octanol–water partition coefficient (Wildman–Crippen LogP) is 2.50. The molecule has 0 radical (unpaired) electrons. The summed E-state index contributed by atoms with van der Waals surface area (Å²) in [6.07, 6.45) is 3.91. The first kappa shape index (κ1) is 20.9. The van der Waals surface area contributed by atoms with Gasteiger partial charge in [-0.15, -0.1) is 12.4 Å². The maximum atomic E-state index is 5.71. The topological polar surface area (TPSA) is 45.8 Å². The Bertz CT molecular complexity index is 589. The molecule has 0 aromatic heterocycles. The largest absolute Gasteiger partial charge is 0.379 e. The maximum absolute atomic E-state index is 5.71. The molecule has 2 saturated heterocycles. The lowest BCUT2D eigenvalue weighted by atomic mass is 9.93. The lowest BCUT2D eigenvalue weighted by molar-refractivity contribution is 0.0524. The van der Waals surface area contributed by atoms with Crippen molar-refractivity contribution < 1.29 is 9.47 Å². The maximum Gasteiger partial charge on any atom is 0.0642 e. The van der Waals surface area contributed by atoms with Crippen LogP contribution in [0.15, 0.2) is 18.2 Å². The Morgan fingerprint density at radius 2 is 2.00 bits per heavy atom. The van der Waals surface area contributed by atoms with E-state index in [0.717, 1.165) is 52.6 Å². The van der Waals surface area contributed by atoms with Crippen LogP contribution in [0, 0.1) is 12.8 Å². The molecule has 1 aromatic rings. The number of hydrogen-bond acceptors (Lipinski definition) is 5. The minimum absolute atomic E-state index is 0. The van der Waals surface area contributed by atoms with E-state index in [1.54, 1.807) is 0 Å². The van der Waals surface area contributed by atoms with Crippen molar-refractivity contribution in [3.63, 3.8) is 0 Å². The van der Waals surface area contributed by atoms with Crippen molar-refractivity contribution in [1.82, 2.24) is 10.6 Å². The minimum Gasteiger partial charge on any atom is -0.379 e. The van der Waals surface area contributed by atoms with E-state index >= 15 is 0 Å². The van der Waals surface area contributed by atoms with Gasteiger partial charge in [-0.25, -0.2) is 0 Å². The lowest BCUT2D eigenvalue weighted by Gasteiger charge is -2.34. The average Bonchev–Trinajstić information content (AvgIpc) is 3.17. The zero-order valence-corrected chi connectivity index (χ0v) is 17.2. The Kier molecular flexibility index (Phi) is 7.79. The highest BCUT2D eigenvalue weighted by molar-refractivity contribution is 5.85. The van der Waals surface area contributed by atoms with E-state index in [-0.39, 0.29) is 12.4 Å². The Morgan fingerprint density at radius 3 is 2.78 bits per heavy atom. The van der Waals surface area contributed by atoms with Gasteiger partial charge in [-0.2, -0.15) is 0 Å². The Balaban J connectivity index is 0.00000210. The molecule has 3 fully saturated rings. The fraction of sp³-hybridized carbons (Fsp3) is 0.714. The van der Waals surface area contributed by atoms with E-state index in [4.69, 9.17) is 9.47 Å². The zero-order chi connectivity index (χ0) is 17.8. The third-order valence-electron chi connectivity index (χ3n) is 6.18. The normalized spacial score (nSPS) is 28.8. The first-order chi connectivity index (χ1) is 12.8. The van der Waals surface area contributed by atoms with Crippen LogP contribution in [-0.4, -0.2) is 58.1 Å². The van der Waals surface area contributed by atoms with Crippen LogP contribution in [0.1, 0.15) is 30.4 Å². The number of ether oxygens (including phenoxy) is 2. The highest BCUT2D eigenvalue weighted by Crippen LogP contribution is 2.30. The highest BCUT2D eigenvalue weighted by atomic mass is 35.5. The van der Waals surface area contributed by atoms with Gasteiger partial charge in [0, 0.05) is 44.0 Å². The second-order valence-corrected chi connectivity index (χ2v) is 7.95. The van der Waals surface area contributed by atoms with Crippen molar-refractivity contribution in [1.29, 1.82) is 0 Å². The van der Waals surface area contributed by atoms with Gasteiger partial charge < -0.3 is 25.0 Å². The molecule has 2 heterocycles. The summed E-state index contributed by atoms with van der Waals surface area (Å²) in [4.78, 5) is 2.48. The molecule has 1 aromatic carbocycles. The number of hydrogen-bond donors (Lipinski definition) is 2. The monoisotopic (exact) mass is 395 g/mol. The Labute approximate surface area is 169 Å². The highest BCUT2D eigenvalue weighted by Gasteiger charge is 2.34. The summed E-state index contributed by atoms with van der Waals surface area (Å²) in [7, 11) is 0. The number of nitrogens with one attached hydrogen (secondary N) is 2. The number of aryl methyl sites for hydroxylation is 1. The van der Waals surface area contributed by atoms with Gasteiger partial charge in [0.2, 0.25) is 0 Å². The molecular formula is C21H34ClN3O2. The fourth-order valence-electron chi connectivity index (χ4n) is 4.75. The Hall–Kier alpha value is -0.850. The van der Waals surface area contributed by atoms with Crippen LogP contribution in [0.25, 0.3) is 0 Å². The molecule has 6 heteroatoms. The van der Waals surface area contributed by atoms with Gasteiger partial charge in [-0.05, 0) is 42.9 Å². The third-order valence-corrected chi connectivity index (χ3v) is 6.18. The molecule has 3 unspecified atom stereocenters. The van der Waals surface area contributed by atoms with Crippen LogP contribution in [0.4, 0.5) is 5.69 Å². The van der Waals surface area contributed by atoms with Crippen molar-refractivity contribution in [3.05, 3.63) is 29.3 Å². The smallest absolute Gasteiger partial charge is 0.0642 e. The van der Waals surface area contributed by atoms with Crippen molar-refractivity contribution in [3.8, 4) is 0 Å². The van der Waals surface area contributed by atoms with E-state index in [9.17, 15) is 0 Å². The second kappa shape index (κ2) is 10.1. The van der Waals surface area contributed by atoms with E-state index in [2.05, 4.69) is 40.7 Å². The summed E-state index contributed by atoms with van der Waals surface area (Å²) in [5.74, 6) is 0.688. The van der Waals surface area contributed by atoms with Crippen molar-refractivity contribution in [2.75, 3.05) is 51.0 Å². The van der Waals surface area contributed by atoms with Gasteiger partial charge >= 0.3 is 0 Å². The van der Waals surface area contributed by atoms with Crippen molar-refractivity contribution in [2.45, 2.75) is 44.8 Å². The molecule has 0 spiro atoms. The summed E-state index contributed by atoms with van der Waals surface area (Å²) < 4.78 is 11.2. The summed E-state index contributed by atoms with van der Waals surface area (Å²) in [5.41, 5.74) is 4.13. The second-order valence-electron chi connectivity index (χ2n) is 7.95. The first-order valence-corrected chi connectivity index (χ1v) is 10.3. The minimum atomic E-state index is 0. The summed E-state index contributed by atoms with van der Waals surface area (Å²) in [6, 6.07) is 7.99. The third kappa shape index (κ3) is 5.15. The molecule has 2 N–H and O–H groups in total. The van der Waals surface area contributed by atoms with Gasteiger partial charge in [0.1, 0.15) is 0 Å². The van der Waals surface area contributed by atoms with Crippen LogP contribution in [-0.2, 0) is 16.0 Å². The fourth-order valence-corrected chi connectivity index (χ4v) is 4.75. The number of morpholine rings is 2. The molecule has 1 aliphatic carbocycles. The molecule has 3 atom stereocenters. The van der Waals surface area contributed by atoms with E-state index in [1.165, 1.54) is 36.1 Å². The molecule has 0 amide bonds. The van der Waals surface area contributed by atoms with E-state index in [1.807, 2.05) is 0 Å². The van der Waals surface area contributed by atoms with Gasteiger partial charge in [0.05, 0.1) is 26.4 Å². The molecule has 0 bridgehead atoms. The number of benzene rings is 1. The van der Waals surface area contributed by atoms with Gasteiger partial charge in [0.25, 0.3) is 0 Å². The molecule has 5 nitrogen and oxygen atoms in total. The molecule has 2 aliphatic heterocycles. The van der Waals surface area contributed by atoms with E-state index < -0.39 is 0 Å². The molecule has 1 saturated carbocycles. The molecular weight excluding hydrogens is 362 g/mol. The number of halogens is 1. The molecule has 3 aliphatic rings. The van der Waals surface area contributed by atoms with Crippen LogP contribution >= 0.6 is 12.4 Å². The number of nitrogens with zero attached hydrogens (tertiary/aromatic N) is 1. The summed E-state index contributed by atoms with van der Waals surface area (Å²) in [6.45, 7) is 9.49. The molecule has 152 valence electrons. The van der Waals surface area contributed by atoms with Gasteiger partial charge in [-0.1, -0.05) is 18.6 Å². The summed E-state index contributed by atoms with van der Waals surface area (Å²) in [5, 5.41) is 7.56. The number of rotatable bonds is 5. The van der Waals surface area contributed by atoms with Crippen LogP contribution in [0.3, 0.4) is 0 Å². The van der Waals surface area contributed by atoms with E-state index in [0.29, 0.717) is 18.0 Å². The first-order valence-electron chi connectivity index (χ1n) is 10.3. The summed E-state index contributed by atoms with van der Waals surface area (Å²) >= 11 is 0. The zero-order valence-electron chi connectivity index (χ0n) is 16.4. The molecule has 4 rings (SSSR count). The van der Waals surface area contributed by atoms with Crippen molar-refractivity contribution in [2.24, 2.45) is 5.92 Å². The quantitative estimate of drug-likeness (QED) is 0.802. The van der Waals surface area contributed by atoms with Gasteiger partial charge in [-0.3, -0.25) is 0 Å². The Morgan fingerprint density at radius 1 is 1.15 bits per heavy atom. The lowest BCUT2D eigenvalue weighted by Crippen LogP contribution is -2.50. The van der Waals surface area contributed by atoms with Crippen molar-refractivity contribution >= 4 is 18.1 Å². The van der Waals surface area contributed by atoms with Crippen LogP contribution in [0.2, 0.25) is 0 Å². The van der Waals surface area contributed by atoms with Crippen LogP contribution < -0.4 is 15.5 Å².